The Morgan fingerprint density at radius 2 is 1.65 bits per heavy atom. The van der Waals surface area contributed by atoms with E-state index in [1.807, 2.05) is 18.9 Å². The lowest BCUT2D eigenvalue weighted by molar-refractivity contribution is -0.138. The average molecular weight is 553 g/mol. The van der Waals surface area contributed by atoms with Gasteiger partial charge in [-0.25, -0.2) is 9.78 Å². The topological polar surface area (TPSA) is 89.6 Å². The number of urea groups is 1. The predicted octanol–water partition coefficient (Wildman–Crippen LogP) is 5.59. The Balaban J connectivity index is 1.42. The molecule has 1 aromatic heterocycles. The maximum Gasteiger partial charge on any atom is 0.416 e. The highest BCUT2D eigenvalue weighted by atomic mass is 19.4. The summed E-state index contributed by atoms with van der Waals surface area (Å²) >= 11 is 0. The third-order valence-electron chi connectivity index (χ3n) is 6.66. The molecule has 0 radical (unpaired) electrons. The molecule has 0 bridgehead atoms. The molecule has 8 nitrogen and oxygen atoms in total. The molecular formula is C29H31F3N6O2. The summed E-state index contributed by atoms with van der Waals surface area (Å²) in [6.45, 7) is 8.47. The number of nitrogens with one attached hydrogen (secondary N) is 3. The zero-order valence-corrected chi connectivity index (χ0v) is 22.3. The molecular weight excluding hydrogens is 521 g/mol. The number of hydrogen-bond acceptors (Lipinski definition) is 5. The van der Waals surface area contributed by atoms with Gasteiger partial charge in [-0.1, -0.05) is 18.7 Å². The van der Waals surface area contributed by atoms with Crippen LogP contribution in [0.3, 0.4) is 0 Å². The lowest BCUT2D eigenvalue weighted by Gasteiger charge is -2.33. The number of likely N-dealkylation sites (N-methyl/N-ethyl adjacent to an activating group) is 1. The van der Waals surface area contributed by atoms with E-state index in [9.17, 15) is 22.8 Å². The van der Waals surface area contributed by atoms with Gasteiger partial charge < -0.3 is 20.9 Å². The Morgan fingerprint density at radius 3 is 2.25 bits per heavy atom. The van der Waals surface area contributed by atoms with Crippen LogP contribution in [0.2, 0.25) is 0 Å². The summed E-state index contributed by atoms with van der Waals surface area (Å²) in [5, 5.41) is 7.76. The minimum Gasteiger partial charge on any atom is -0.308 e. The van der Waals surface area contributed by atoms with Gasteiger partial charge in [0.25, 0.3) is 0 Å². The van der Waals surface area contributed by atoms with Crippen molar-refractivity contribution in [3.8, 4) is 11.1 Å². The number of amides is 3. The zero-order valence-electron chi connectivity index (χ0n) is 22.3. The molecule has 0 atom stereocenters. The van der Waals surface area contributed by atoms with Gasteiger partial charge in [-0.2, -0.15) is 13.2 Å². The maximum absolute atomic E-state index is 13.9. The Hall–Kier alpha value is -4.22. The molecule has 2 heterocycles. The van der Waals surface area contributed by atoms with E-state index in [2.05, 4.69) is 32.4 Å². The van der Waals surface area contributed by atoms with Crippen LogP contribution in [0.5, 0.6) is 0 Å². The number of benzene rings is 2. The molecule has 1 fully saturated rings. The van der Waals surface area contributed by atoms with Crippen molar-refractivity contribution in [1.29, 1.82) is 0 Å². The van der Waals surface area contributed by atoms with E-state index in [0.717, 1.165) is 41.9 Å². The van der Waals surface area contributed by atoms with Gasteiger partial charge in [-0.3, -0.25) is 9.69 Å². The number of aromatic nitrogens is 1. The second kappa shape index (κ2) is 12.3. The van der Waals surface area contributed by atoms with Crippen molar-refractivity contribution in [2.24, 2.45) is 0 Å². The number of alkyl halides is 3. The molecule has 3 amide bonds. The first-order chi connectivity index (χ1) is 19.0. The van der Waals surface area contributed by atoms with Gasteiger partial charge in [0.15, 0.2) is 0 Å². The third kappa shape index (κ3) is 7.45. The van der Waals surface area contributed by atoms with Crippen LogP contribution in [0, 0.1) is 6.92 Å². The Bertz CT molecular complexity index is 1380. The predicted molar refractivity (Wildman–Crippen MR) is 150 cm³/mol. The van der Waals surface area contributed by atoms with Crippen LogP contribution >= 0.6 is 0 Å². The van der Waals surface area contributed by atoms with E-state index in [1.54, 1.807) is 36.5 Å². The van der Waals surface area contributed by atoms with E-state index in [-0.39, 0.29) is 23.7 Å². The SMILES string of the molecule is C=CC(=O)Nc1ccc(-c2ccc(NC(=O)Nc3ccc(CN4CCN(C)CC4)c(C(F)(F)F)c3)cc2C)cn1. The number of aryl methyl sites for hydroxylation is 1. The number of anilines is 3. The molecule has 0 saturated carbocycles. The van der Waals surface area contributed by atoms with Gasteiger partial charge in [0, 0.05) is 55.9 Å². The van der Waals surface area contributed by atoms with Gasteiger partial charge in [0.2, 0.25) is 5.91 Å². The molecule has 2 aromatic carbocycles. The molecule has 0 aliphatic carbocycles. The summed E-state index contributed by atoms with van der Waals surface area (Å²) in [7, 11) is 1.99. The Labute approximate surface area is 230 Å². The van der Waals surface area contributed by atoms with Crippen LogP contribution in [0.1, 0.15) is 16.7 Å². The molecule has 40 heavy (non-hydrogen) atoms. The number of pyridine rings is 1. The first kappa shape index (κ1) is 28.8. The lowest BCUT2D eigenvalue weighted by atomic mass is 10.0. The van der Waals surface area contributed by atoms with E-state index < -0.39 is 17.8 Å². The van der Waals surface area contributed by atoms with E-state index in [1.165, 1.54) is 12.1 Å². The van der Waals surface area contributed by atoms with Crippen molar-refractivity contribution in [2.45, 2.75) is 19.6 Å². The molecule has 4 rings (SSSR count). The third-order valence-corrected chi connectivity index (χ3v) is 6.66. The van der Waals surface area contributed by atoms with Crippen molar-refractivity contribution in [3.63, 3.8) is 0 Å². The number of hydrogen-bond donors (Lipinski definition) is 3. The van der Waals surface area contributed by atoms with E-state index in [4.69, 9.17) is 0 Å². The normalized spacial score (nSPS) is 14.4. The Morgan fingerprint density at radius 1 is 0.975 bits per heavy atom. The monoisotopic (exact) mass is 552 g/mol. The number of nitrogens with zero attached hydrogens (tertiary/aromatic N) is 3. The van der Waals surface area contributed by atoms with Crippen molar-refractivity contribution < 1.29 is 22.8 Å². The molecule has 1 aliphatic rings. The van der Waals surface area contributed by atoms with Crippen LogP contribution in [0.4, 0.5) is 35.2 Å². The summed E-state index contributed by atoms with van der Waals surface area (Å²) in [5.41, 5.74) is 2.47. The molecule has 0 spiro atoms. The first-order valence-corrected chi connectivity index (χ1v) is 12.7. The quantitative estimate of drug-likeness (QED) is 0.333. The number of carbonyl (C=O) groups excluding carboxylic acids is 2. The van der Waals surface area contributed by atoms with Crippen LogP contribution in [0.15, 0.2) is 67.4 Å². The van der Waals surface area contributed by atoms with Gasteiger partial charge >= 0.3 is 12.2 Å². The van der Waals surface area contributed by atoms with Crippen LogP contribution in [-0.2, 0) is 17.5 Å². The van der Waals surface area contributed by atoms with Crippen molar-refractivity contribution >= 4 is 29.1 Å². The first-order valence-electron chi connectivity index (χ1n) is 12.7. The second-order valence-corrected chi connectivity index (χ2v) is 9.68. The summed E-state index contributed by atoms with van der Waals surface area (Å²) < 4.78 is 41.6. The maximum atomic E-state index is 13.9. The second-order valence-electron chi connectivity index (χ2n) is 9.68. The molecule has 11 heteroatoms. The van der Waals surface area contributed by atoms with Gasteiger partial charge in [0.05, 0.1) is 5.56 Å². The fourth-order valence-corrected chi connectivity index (χ4v) is 4.47. The number of rotatable bonds is 7. The van der Waals surface area contributed by atoms with Crippen LogP contribution in [0.25, 0.3) is 11.1 Å². The minimum absolute atomic E-state index is 0.0509. The molecule has 210 valence electrons. The molecule has 3 N–H and O–H groups in total. The summed E-state index contributed by atoms with van der Waals surface area (Å²) in [6.07, 6.45) is -1.78. The molecule has 1 saturated heterocycles. The summed E-state index contributed by atoms with van der Waals surface area (Å²) in [4.78, 5) is 32.4. The highest BCUT2D eigenvalue weighted by molar-refractivity contribution is 6.00. The number of halogens is 3. The van der Waals surface area contributed by atoms with E-state index in [0.29, 0.717) is 24.6 Å². The minimum atomic E-state index is -4.55. The van der Waals surface area contributed by atoms with Crippen molar-refractivity contribution in [1.82, 2.24) is 14.8 Å². The molecule has 1 aliphatic heterocycles. The number of piperazine rings is 1. The van der Waals surface area contributed by atoms with Gasteiger partial charge in [-0.05, 0) is 73.1 Å². The smallest absolute Gasteiger partial charge is 0.308 e. The largest absolute Gasteiger partial charge is 0.416 e. The highest BCUT2D eigenvalue weighted by Gasteiger charge is 2.34. The fraction of sp³-hybridized carbons (Fsp3) is 0.276. The molecule has 3 aromatic rings. The van der Waals surface area contributed by atoms with Crippen LogP contribution in [-0.4, -0.2) is 59.9 Å². The average Bonchev–Trinajstić information content (AvgIpc) is 2.91. The highest BCUT2D eigenvalue weighted by Crippen LogP contribution is 2.35. The zero-order chi connectivity index (χ0) is 28.9. The summed E-state index contributed by atoms with van der Waals surface area (Å²) in [5.74, 6) is 0.0312. The lowest BCUT2D eigenvalue weighted by Crippen LogP contribution is -2.44. The van der Waals surface area contributed by atoms with Crippen LogP contribution < -0.4 is 16.0 Å². The molecule has 0 unspecified atom stereocenters. The number of carbonyl (C=O) groups is 2. The standard InChI is InChI=1S/C29H31F3N6O2/c1-4-27(39)36-26-10-6-20(17-33-26)24-9-8-22(15-19(24)2)34-28(40)35-23-7-5-21(25(16-23)29(30,31)32)18-38-13-11-37(3)12-14-38/h4-10,15-17H,1,11-14,18H2,2-3H3,(H,33,36,39)(H2,34,35,40). The Kier molecular flexibility index (Phi) is 8.86. The van der Waals surface area contributed by atoms with E-state index >= 15 is 0 Å². The summed E-state index contributed by atoms with van der Waals surface area (Å²) in [6, 6.07) is 12.0. The fourth-order valence-electron chi connectivity index (χ4n) is 4.47. The van der Waals surface area contributed by atoms with Crippen molar-refractivity contribution in [3.05, 3.63) is 84.1 Å². The van der Waals surface area contributed by atoms with Gasteiger partial charge in [-0.15, -0.1) is 0 Å². The van der Waals surface area contributed by atoms with Gasteiger partial charge in [0.1, 0.15) is 5.82 Å². The van der Waals surface area contributed by atoms with Crippen molar-refractivity contribution in [2.75, 3.05) is 49.2 Å².